The Labute approximate surface area is 155 Å². The maximum atomic E-state index is 5.58. The molecule has 0 unspecified atom stereocenters. The van der Waals surface area contributed by atoms with E-state index >= 15 is 0 Å². The standard InChI is InChI=1S/C20H26N4O2/c1-4-23-14-18-20(24(5-2)15-23)22-19(21-18)11-8-16-6-9-17(10-7-16)26-13-12-25-3/h6-11,14H,4-5,12-13,15H2,1-3H3. The van der Waals surface area contributed by atoms with Crippen molar-refractivity contribution in [2.45, 2.75) is 13.8 Å². The molecule has 1 aromatic carbocycles. The van der Waals surface area contributed by atoms with Crippen molar-refractivity contribution in [3.63, 3.8) is 0 Å². The Morgan fingerprint density at radius 3 is 2.54 bits per heavy atom. The van der Waals surface area contributed by atoms with Crippen molar-refractivity contribution in [3.8, 4) is 5.75 Å². The molecule has 0 bridgehead atoms. The smallest absolute Gasteiger partial charge is 0.160 e. The summed E-state index contributed by atoms with van der Waals surface area (Å²) >= 11 is 0. The molecule has 0 aliphatic carbocycles. The van der Waals surface area contributed by atoms with Gasteiger partial charge in [-0.05, 0) is 37.6 Å². The van der Waals surface area contributed by atoms with Gasteiger partial charge in [-0.3, -0.25) is 0 Å². The molecule has 26 heavy (non-hydrogen) atoms. The number of nitrogens with zero attached hydrogens (tertiary/aromatic N) is 4. The van der Waals surface area contributed by atoms with Crippen molar-refractivity contribution < 1.29 is 9.47 Å². The van der Waals surface area contributed by atoms with E-state index in [2.05, 4.69) is 39.8 Å². The van der Waals surface area contributed by atoms with E-state index in [1.165, 1.54) is 0 Å². The third-order valence-electron chi connectivity index (χ3n) is 4.29. The molecule has 0 spiro atoms. The van der Waals surface area contributed by atoms with Crippen molar-refractivity contribution in [2.75, 3.05) is 40.1 Å². The quantitative estimate of drug-likeness (QED) is 0.674. The highest BCUT2D eigenvalue weighted by molar-refractivity contribution is 6.16. The van der Waals surface area contributed by atoms with Crippen molar-refractivity contribution in [3.05, 3.63) is 47.8 Å². The molecular weight excluding hydrogens is 328 g/mol. The summed E-state index contributed by atoms with van der Waals surface area (Å²) in [5.41, 5.74) is 2.03. The van der Waals surface area contributed by atoms with Crippen LogP contribution in [0, 0.1) is 0 Å². The van der Waals surface area contributed by atoms with Crippen LogP contribution in [0.1, 0.15) is 19.4 Å². The first kappa shape index (κ1) is 18.2. The minimum Gasteiger partial charge on any atom is -0.491 e. The first-order valence-electron chi connectivity index (χ1n) is 9.02. The molecule has 1 aromatic rings. The summed E-state index contributed by atoms with van der Waals surface area (Å²) in [5.74, 6) is 2.55. The van der Waals surface area contributed by atoms with Gasteiger partial charge in [0.25, 0.3) is 0 Å². The van der Waals surface area contributed by atoms with Crippen LogP contribution in [-0.2, 0) is 4.74 Å². The van der Waals surface area contributed by atoms with Crippen LogP contribution in [0.25, 0.3) is 6.08 Å². The molecule has 0 amide bonds. The fourth-order valence-corrected chi connectivity index (χ4v) is 2.79. The van der Waals surface area contributed by atoms with E-state index in [0.717, 1.165) is 48.4 Å². The molecule has 2 heterocycles. The number of likely N-dealkylation sites (N-methyl/N-ethyl adjacent to an activating group) is 1. The van der Waals surface area contributed by atoms with Gasteiger partial charge in [0.2, 0.25) is 0 Å². The monoisotopic (exact) mass is 354 g/mol. The highest BCUT2D eigenvalue weighted by Crippen LogP contribution is 2.21. The van der Waals surface area contributed by atoms with E-state index in [0.29, 0.717) is 13.2 Å². The Bertz CT molecular complexity index is 735. The fraction of sp³-hybridized carbons (Fsp3) is 0.400. The minimum atomic E-state index is 0.553. The van der Waals surface area contributed by atoms with Crippen LogP contribution in [0.15, 0.2) is 52.2 Å². The fourth-order valence-electron chi connectivity index (χ4n) is 2.79. The second kappa shape index (κ2) is 8.67. The molecule has 0 N–H and O–H groups in total. The number of methoxy groups -OCH3 is 1. The summed E-state index contributed by atoms with van der Waals surface area (Å²) in [6.45, 7) is 8.18. The maximum absolute atomic E-state index is 5.58. The van der Waals surface area contributed by atoms with Gasteiger partial charge in [-0.2, -0.15) is 0 Å². The van der Waals surface area contributed by atoms with Crippen LogP contribution >= 0.6 is 0 Å². The lowest BCUT2D eigenvalue weighted by Crippen LogP contribution is -2.43. The molecule has 2 aliphatic heterocycles. The number of aliphatic imine (C=N–C) groups is 2. The van der Waals surface area contributed by atoms with Crippen molar-refractivity contribution in [1.29, 1.82) is 0 Å². The first-order valence-corrected chi connectivity index (χ1v) is 9.02. The normalized spacial score (nSPS) is 16.5. The molecule has 0 atom stereocenters. The highest BCUT2D eigenvalue weighted by Gasteiger charge is 2.26. The number of amidine groups is 2. The lowest BCUT2D eigenvalue weighted by molar-refractivity contribution is 0.146. The maximum Gasteiger partial charge on any atom is 0.160 e. The molecule has 138 valence electrons. The van der Waals surface area contributed by atoms with Crippen molar-refractivity contribution in [2.24, 2.45) is 9.98 Å². The predicted molar refractivity (Wildman–Crippen MR) is 105 cm³/mol. The molecule has 0 fully saturated rings. The average Bonchev–Trinajstić information content (AvgIpc) is 3.09. The second-order valence-electron chi connectivity index (χ2n) is 6.07. The highest BCUT2D eigenvalue weighted by atomic mass is 16.5. The van der Waals surface area contributed by atoms with E-state index in [-0.39, 0.29) is 0 Å². The number of benzene rings is 1. The Kier molecular flexibility index (Phi) is 6.07. The Balaban J connectivity index is 1.66. The lowest BCUT2D eigenvalue weighted by atomic mass is 10.2. The van der Waals surface area contributed by atoms with Gasteiger partial charge >= 0.3 is 0 Å². The zero-order chi connectivity index (χ0) is 18.4. The summed E-state index contributed by atoms with van der Waals surface area (Å²) in [5, 5.41) is 0. The number of hydrogen-bond donors (Lipinski definition) is 0. The summed E-state index contributed by atoms with van der Waals surface area (Å²) in [4.78, 5) is 13.8. The van der Waals surface area contributed by atoms with Gasteiger partial charge in [0.15, 0.2) is 11.7 Å². The van der Waals surface area contributed by atoms with Crippen LogP contribution in [0.3, 0.4) is 0 Å². The number of rotatable bonds is 8. The van der Waals surface area contributed by atoms with Gasteiger partial charge in [0, 0.05) is 26.4 Å². The summed E-state index contributed by atoms with van der Waals surface area (Å²) < 4.78 is 10.6. The molecule has 0 radical (unpaired) electrons. The molecule has 0 saturated heterocycles. The predicted octanol–water partition coefficient (Wildman–Crippen LogP) is 2.99. The van der Waals surface area contributed by atoms with Gasteiger partial charge in [-0.25, -0.2) is 9.98 Å². The number of ether oxygens (including phenoxy) is 2. The van der Waals surface area contributed by atoms with Gasteiger partial charge in [0.1, 0.15) is 18.1 Å². The first-order chi connectivity index (χ1) is 12.7. The number of hydrogen-bond acceptors (Lipinski definition) is 6. The summed E-state index contributed by atoms with van der Waals surface area (Å²) in [7, 11) is 1.66. The van der Waals surface area contributed by atoms with Gasteiger partial charge in [0.05, 0.1) is 13.3 Å². The van der Waals surface area contributed by atoms with E-state index in [1.54, 1.807) is 7.11 Å². The van der Waals surface area contributed by atoms with Gasteiger partial charge in [-0.15, -0.1) is 0 Å². The molecule has 0 aromatic heterocycles. The van der Waals surface area contributed by atoms with Crippen molar-refractivity contribution in [1.82, 2.24) is 9.80 Å². The van der Waals surface area contributed by atoms with Crippen molar-refractivity contribution >= 4 is 17.7 Å². The Morgan fingerprint density at radius 2 is 1.85 bits per heavy atom. The molecule has 6 nitrogen and oxygen atoms in total. The van der Waals surface area contributed by atoms with Crippen LogP contribution < -0.4 is 4.74 Å². The number of fused-ring (bicyclic) bond motifs is 1. The van der Waals surface area contributed by atoms with E-state index in [4.69, 9.17) is 9.47 Å². The Morgan fingerprint density at radius 1 is 1.04 bits per heavy atom. The topological polar surface area (TPSA) is 49.7 Å². The SMILES string of the molecule is CCN1C=C2N=C(C=Cc3ccc(OCCOC)cc3)N=C2N(CC)C1. The lowest BCUT2D eigenvalue weighted by Gasteiger charge is -2.33. The molecule has 3 rings (SSSR count). The third-order valence-corrected chi connectivity index (χ3v) is 4.29. The van der Waals surface area contributed by atoms with E-state index in [9.17, 15) is 0 Å². The van der Waals surface area contributed by atoms with E-state index < -0.39 is 0 Å². The zero-order valence-electron chi connectivity index (χ0n) is 15.7. The average molecular weight is 354 g/mol. The third kappa shape index (κ3) is 4.32. The van der Waals surface area contributed by atoms with E-state index in [1.807, 2.05) is 36.4 Å². The summed E-state index contributed by atoms with van der Waals surface area (Å²) in [6, 6.07) is 7.95. The zero-order valence-corrected chi connectivity index (χ0v) is 15.7. The van der Waals surface area contributed by atoms with Crippen LogP contribution in [-0.4, -0.2) is 61.6 Å². The minimum absolute atomic E-state index is 0.553. The van der Waals surface area contributed by atoms with Gasteiger partial charge < -0.3 is 19.3 Å². The van der Waals surface area contributed by atoms with Crippen LogP contribution in [0.4, 0.5) is 0 Å². The van der Waals surface area contributed by atoms with Crippen LogP contribution in [0.5, 0.6) is 5.75 Å². The molecule has 6 heteroatoms. The molecule has 2 aliphatic rings. The second-order valence-corrected chi connectivity index (χ2v) is 6.07. The summed E-state index contributed by atoms with van der Waals surface area (Å²) in [6.07, 6.45) is 6.07. The van der Waals surface area contributed by atoms with Gasteiger partial charge in [-0.1, -0.05) is 18.2 Å². The molecule has 0 saturated carbocycles. The largest absolute Gasteiger partial charge is 0.491 e. The Hall–Kier alpha value is -2.60. The van der Waals surface area contributed by atoms with Crippen LogP contribution in [0.2, 0.25) is 0 Å². The molecular formula is C20H26N4O2.